The number of aryl methyl sites for hydroxylation is 1. The van der Waals surface area contributed by atoms with Gasteiger partial charge < -0.3 is 0 Å². The van der Waals surface area contributed by atoms with Gasteiger partial charge in [-0.15, -0.1) is 0 Å². The summed E-state index contributed by atoms with van der Waals surface area (Å²) in [6.07, 6.45) is 1.00. The van der Waals surface area contributed by atoms with Crippen molar-refractivity contribution in [1.29, 1.82) is 0 Å². The zero-order chi connectivity index (χ0) is 8.27. The van der Waals surface area contributed by atoms with Crippen molar-refractivity contribution < 1.29 is 5.21 Å². The number of nitrogens with zero attached hydrogens (tertiary/aromatic N) is 1. The maximum absolute atomic E-state index is 9.08. The molecule has 0 aliphatic carbocycles. The molecule has 1 aromatic carbocycles. The molecule has 2 nitrogen and oxygen atoms in total. The van der Waals surface area contributed by atoms with Gasteiger partial charge in [-0.3, -0.25) is 10.3 Å². The molecule has 1 rings (SSSR count). The minimum atomic E-state index is 0.837. The van der Waals surface area contributed by atoms with Crippen LogP contribution in [0.25, 0.3) is 0 Å². The minimum absolute atomic E-state index is 0.837. The van der Waals surface area contributed by atoms with E-state index in [1.54, 1.807) is 7.05 Å². The topological polar surface area (TPSA) is 23.5 Å². The lowest BCUT2D eigenvalue weighted by Gasteiger charge is -2.10. The van der Waals surface area contributed by atoms with E-state index in [2.05, 4.69) is 6.92 Å². The number of hydroxylamine groups is 1. The summed E-state index contributed by atoms with van der Waals surface area (Å²) in [5.74, 6) is 0. The maximum atomic E-state index is 9.08. The zero-order valence-corrected chi connectivity index (χ0v) is 6.91. The van der Waals surface area contributed by atoms with Crippen molar-refractivity contribution in [3.8, 4) is 0 Å². The van der Waals surface area contributed by atoms with Crippen molar-refractivity contribution in [3.05, 3.63) is 29.8 Å². The number of rotatable bonds is 2. The van der Waals surface area contributed by atoms with Gasteiger partial charge in [-0.25, -0.2) is 0 Å². The first-order chi connectivity index (χ1) is 5.24. The molecule has 1 aromatic rings. The molecule has 0 aliphatic heterocycles. The van der Waals surface area contributed by atoms with Gasteiger partial charge in [0.15, 0.2) is 0 Å². The molecule has 0 aromatic heterocycles. The number of hydrogen-bond acceptors (Lipinski definition) is 2. The van der Waals surface area contributed by atoms with Crippen LogP contribution in [0.2, 0.25) is 0 Å². The van der Waals surface area contributed by atoms with Crippen LogP contribution >= 0.6 is 0 Å². The Hall–Kier alpha value is -1.02. The van der Waals surface area contributed by atoms with Crippen LogP contribution in [0.15, 0.2) is 24.3 Å². The van der Waals surface area contributed by atoms with E-state index in [4.69, 9.17) is 5.21 Å². The molecule has 0 saturated carbocycles. The van der Waals surface area contributed by atoms with E-state index in [9.17, 15) is 0 Å². The lowest BCUT2D eigenvalue weighted by atomic mass is 10.1. The van der Waals surface area contributed by atoms with Crippen LogP contribution in [0.4, 0.5) is 5.69 Å². The highest BCUT2D eigenvalue weighted by Gasteiger charge is 1.95. The highest BCUT2D eigenvalue weighted by atomic mass is 16.5. The molecule has 0 saturated heterocycles. The van der Waals surface area contributed by atoms with Crippen molar-refractivity contribution in [3.63, 3.8) is 0 Å². The molecule has 0 aliphatic rings. The standard InChI is InChI=1S/C9H13NO/c1-3-8-5-4-6-9(7-8)10(2)11/h4-7,11H,3H2,1-2H3. The third-order valence-electron chi connectivity index (χ3n) is 1.69. The van der Waals surface area contributed by atoms with Crippen LogP contribution in [-0.4, -0.2) is 12.3 Å². The smallest absolute Gasteiger partial charge is 0.0633 e. The molecule has 0 heterocycles. The summed E-state index contributed by atoms with van der Waals surface area (Å²) in [7, 11) is 1.62. The van der Waals surface area contributed by atoms with Gasteiger partial charge in [0.25, 0.3) is 0 Å². The summed E-state index contributed by atoms with van der Waals surface area (Å²) < 4.78 is 0. The summed E-state index contributed by atoms with van der Waals surface area (Å²) in [6, 6.07) is 7.84. The van der Waals surface area contributed by atoms with Crippen LogP contribution in [0.5, 0.6) is 0 Å². The molecule has 0 radical (unpaired) electrons. The first-order valence-electron chi connectivity index (χ1n) is 3.75. The molecule has 0 spiro atoms. The van der Waals surface area contributed by atoms with Crippen molar-refractivity contribution in [2.24, 2.45) is 0 Å². The van der Waals surface area contributed by atoms with Gasteiger partial charge in [0, 0.05) is 7.05 Å². The Morgan fingerprint density at radius 3 is 2.73 bits per heavy atom. The quantitative estimate of drug-likeness (QED) is 0.654. The first kappa shape index (κ1) is 8.08. The third-order valence-corrected chi connectivity index (χ3v) is 1.69. The van der Waals surface area contributed by atoms with Crippen LogP contribution in [-0.2, 0) is 6.42 Å². The van der Waals surface area contributed by atoms with Gasteiger partial charge >= 0.3 is 0 Å². The Balaban J connectivity index is 2.91. The first-order valence-corrected chi connectivity index (χ1v) is 3.75. The fraction of sp³-hybridized carbons (Fsp3) is 0.333. The highest BCUT2D eigenvalue weighted by Crippen LogP contribution is 2.12. The molecular weight excluding hydrogens is 138 g/mol. The molecule has 11 heavy (non-hydrogen) atoms. The SMILES string of the molecule is CCc1cccc(N(C)O)c1. The lowest BCUT2D eigenvalue weighted by molar-refractivity contribution is 0.279. The normalized spacial score (nSPS) is 9.73. The predicted molar refractivity (Wildman–Crippen MR) is 46.0 cm³/mol. The van der Waals surface area contributed by atoms with Crippen LogP contribution in [0.3, 0.4) is 0 Å². The molecule has 0 bridgehead atoms. The molecule has 2 heteroatoms. The van der Waals surface area contributed by atoms with E-state index in [1.807, 2.05) is 24.3 Å². The zero-order valence-electron chi connectivity index (χ0n) is 6.91. The van der Waals surface area contributed by atoms with Gasteiger partial charge in [-0.1, -0.05) is 19.1 Å². The molecule has 0 amide bonds. The second-order valence-electron chi connectivity index (χ2n) is 2.55. The Kier molecular flexibility index (Phi) is 2.49. The molecule has 1 N–H and O–H groups in total. The second-order valence-corrected chi connectivity index (χ2v) is 2.55. The van der Waals surface area contributed by atoms with Crippen molar-refractivity contribution in [1.82, 2.24) is 0 Å². The number of hydrogen-bond donors (Lipinski definition) is 1. The Bertz CT molecular complexity index is 233. The summed E-state index contributed by atoms with van der Waals surface area (Å²) >= 11 is 0. The predicted octanol–water partition coefficient (Wildman–Crippen LogP) is 2.07. The van der Waals surface area contributed by atoms with Crippen molar-refractivity contribution >= 4 is 5.69 Å². The summed E-state index contributed by atoms with van der Waals surface area (Å²) in [5, 5.41) is 10.2. The van der Waals surface area contributed by atoms with Gasteiger partial charge in [-0.05, 0) is 24.1 Å². The molecular formula is C9H13NO. The Morgan fingerprint density at radius 1 is 1.45 bits per heavy atom. The van der Waals surface area contributed by atoms with E-state index in [0.29, 0.717) is 0 Å². The monoisotopic (exact) mass is 151 g/mol. The van der Waals surface area contributed by atoms with Crippen molar-refractivity contribution in [2.75, 3.05) is 12.1 Å². The van der Waals surface area contributed by atoms with Crippen LogP contribution < -0.4 is 5.06 Å². The average Bonchev–Trinajstić information content (AvgIpc) is 2.05. The van der Waals surface area contributed by atoms with E-state index in [0.717, 1.165) is 17.2 Å². The van der Waals surface area contributed by atoms with Crippen LogP contribution in [0, 0.1) is 0 Å². The van der Waals surface area contributed by atoms with Crippen LogP contribution in [0.1, 0.15) is 12.5 Å². The Morgan fingerprint density at radius 2 is 2.18 bits per heavy atom. The molecule has 0 fully saturated rings. The molecule has 60 valence electrons. The molecule has 0 unspecified atom stereocenters. The fourth-order valence-electron chi connectivity index (χ4n) is 0.978. The van der Waals surface area contributed by atoms with E-state index in [1.165, 1.54) is 5.56 Å². The highest BCUT2D eigenvalue weighted by molar-refractivity contribution is 5.45. The third kappa shape index (κ3) is 1.95. The summed E-state index contributed by atoms with van der Waals surface area (Å²) in [6.45, 7) is 2.09. The second kappa shape index (κ2) is 3.39. The number of benzene rings is 1. The Labute approximate surface area is 67.0 Å². The summed E-state index contributed by atoms with van der Waals surface area (Å²) in [4.78, 5) is 0. The van der Waals surface area contributed by atoms with Gasteiger partial charge in [0.05, 0.1) is 5.69 Å². The minimum Gasteiger partial charge on any atom is -0.289 e. The summed E-state index contributed by atoms with van der Waals surface area (Å²) in [5.41, 5.74) is 2.08. The van der Waals surface area contributed by atoms with E-state index >= 15 is 0 Å². The van der Waals surface area contributed by atoms with E-state index in [-0.39, 0.29) is 0 Å². The maximum Gasteiger partial charge on any atom is 0.0633 e. The number of anilines is 1. The van der Waals surface area contributed by atoms with Gasteiger partial charge in [0.1, 0.15) is 0 Å². The van der Waals surface area contributed by atoms with Crippen molar-refractivity contribution in [2.45, 2.75) is 13.3 Å². The largest absolute Gasteiger partial charge is 0.289 e. The lowest BCUT2D eigenvalue weighted by Crippen LogP contribution is -2.09. The van der Waals surface area contributed by atoms with E-state index < -0.39 is 0 Å². The average molecular weight is 151 g/mol. The molecule has 0 atom stereocenters. The fourth-order valence-corrected chi connectivity index (χ4v) is 0.978. The van der Waals surface area contributed by atoms with Gasteiger partial charge in [-0.2, -0.15) is 0 Å². The van der Waals surface area contributed by atoms with Gasteiger partial charge in [0.2, 0.25) is 0 Å².